The molecule has 3 N–H and O–H groups in total. The molecule has 1 atom stereocenters. The maximum atomic E-state index is 13.7. The molecule has 0 saturated heterocycles. The van der Waals surface area contributed by atoms with Crippen molar-refractivity contribution in [2.24, 2.45) is 13.0 Å². The Balaban J connectivity index is 1.66. The van der Waals surface area contributed by atoms with Crippen molar-refractivity contribution in [2.75, 3.05) is 20.3 Å². The largest absolute Gasteiger partial charge is 0.494 e. The first-order valence-electron chi connectivity index (χ1n) is 15.4. The second-order valence-corrected chi connectivity index (χ2v) is 12.6. The highest BCUT2D eigenvalue weighted by Gasteiger charge is 2.45. The number of ether oxygens (including phenoxy) is 2. The topological polar surface area (TPSA) is 136 Å². The van der Waals surface area contributed by atoms with E-state index in [0.717, 1.165) is 63.0 Å². The van der Waals surface area contributed by atoms with Gasteiger partial charge < -0.3 is 24.9 Å². The molecule has 0 aliphatic rings. The lowest BCUT2D eigenvalue weighted by molar-refractivity contribution is -0.169. The first kappa shape index (κ1) is 34.7. The Bertz CT molecular complexity index is 1770. The zero-order valence-corrected chi connectivity index (χ0v) is 28.5. The predicted octanol–water partition coefficient (Wildman–Crippen LogP) is 5.72. The maximum absolute atomic E-state index is 13.7. The number of aliphatic hydroxyl groups is 1. The molecule has 0 unspecified atom stereocenters. The van der Waals surface area contributed by atoms with Crippen LogP contribution in [-0.2, 0) is 27.8 Å². The monoisotopic (exact) mass is 650 g/mol. The fourth-order valence-corrected chi connectivity index (χ4v) is 6.10. The smallest absolute Gasteiger partial charge is 0.345 e. The van der Waals surface area contributed by atoms with E-state index in [1.165, 1.54) is 0 Å². The summed E-state index contributed by atoms with van der Waals surface area (Å²) in [5.74, 6) is -1.89. The number of halogens is 1. The van der Waals surface area contributed by atoms with Crippen LogP contribution in [0.3, 0.4) is 0 Å². The van der Waals surface area contributed by atoms with Crippen LogP contribution in [0.25, 0.3) is 22.0 Å². The lowest BCUT2D eigenvalue weighted by Crippen LogP contribution is -2.52. The van der Waals surface area contributed by atoms with Crippen molar-refractivity contribution in [1.29, 1.82) is 0 Å². The van der Waals surface area contributed by atoms with Gasteiger partial charge in [0.2, 0.25) is 5.60 Å². The Kier molecular flexibility index (Phi) is 10.6. The van der Waals surface area contributed by atoms with Crippen LogP contribution in [0.5, 0.6) is 5.75 Å². The minimum Gasteiger partial charge on any atom is -0.494 e. The van der Waals surface area contributed by atoms with Crippen LogP contribution in [-0.4, -0.2) is 63.4 Å². The first-order valence-corrected chi connectivity index (χ1v) is 15.7. The molecule has 2 heterocycles. The Hall–Kier alpha value is -4.15. The number of ketones is 1. The number of Topliss-reactive ketones (excluding diaryl/α,β-unsaturated/α-hetero) is 1. The number of aryl methyl sites for hydroxylation is 5. The van der Waals surface area contributed by atoms with Gasteiger partial charge in [0.1, 0.15) is 11.4 Å². The van der Waals surface area contributed by atoms with E-state index < -0.39 is 29.8 Å². The highest BCUT2D eigenvalue weighted by atomic mass is 35.5. The van der Waals surface area contributed by atoms with Gasteiger partial charge in [0.15, 0.2) is 5.78 Å². The van der Waals surface area contributed by atoms with Gasteiger partial charge in [-0.05, 0) is 81.7 Å². The summed E-state index contributed by atoms with van der Waals surface area (Å²) in [6.07, 6.45) is 0.959. The SMILES string of the molecule is COC(=O)[C@@](O)(CC(C)C)C(=O)CNC(=O)c1[nH]c2c(-c3c(C)nn(C)c3C)cccc2c1CCCOc1cc(C)c(Cl)c(C)c1. The summed E-state index contributed by atoms with van der Waals surface area (Å²) in [6.45, 7) is 11.2. The van der Waals surface area contributed by atoms with Crippen molar-refractivity contribution in [1.82, 2.24) is 20.1 Å². The molecule has 2 aromatic heterocycles. The van der Waals surface area contributed by atoms with E-state index >= 15 is 0 Å². The zero-order valence-electron chi connectivity index (χ0n) is 27.8. The highest BCUT2D eigenvalue weighted by molar-refractivity contribution is 6.32. The third-order valence-corrected chi connectivity index (χ3v) is 8.89. The molecule has 0 fully saturated rings. The summed E-state index contributed by atoms with van der Waals surface area (Å²) >= 11 is 6.31. The normalized spacial score (nSPS) is 12.8. The van der Waals surface area contributed by atoms with Crippen LogP contribution in [0, 0.1) is 33.6 Å². The molecule has 4 rings (SSSR count). The average molecular weight is 651 g/mol. The third-order valence-electron chi connectivity index (χ3n) is 8.29. The van der Waals surface area contributed by atoms with Gasteiger partial charge in [-0.1, -0.05) is 43.6 Å². The van der Waals surface area contributed by atoms with Gasteiger partial charge in [0, 0.05) is 34.3 Å². The van der Waals surface area contributed by atoms with Gasteiger partial charge in [-0.25, -0.2) is 4.79 Å². The summed E-state index contributed by atoms with van der Waals surface area (Å²) in [4.78, 5) is 42.6. The molecule has 10 nitrogen and oxygen atoms in total. The van der Waals surface area contributed by atoms with Gasteiger partial charge in [-0.3, -0.25) is 14.3 Å². The number of nitrogens with one attached hydrogen (secondary N) is 2. The van der Waals surface area contributed by atoms with E-state index in [-0.39, 0.29) is 18.0 Å². The lowest BCUT2D eigenvalue weighted by atomic mass is 9.88. The van der Waals surface area contributed by atoms with Crippen molar-refractivity contribution in [3.05, 3.63) is 69.1 Å². The Morgan fingerprint density at radius 2 is 1.80 bits per heavy atom. The van der Waals surface area contributed by atoms with Gasteiger partial charge >= 0.3 is 5.97 Å². The Morgan fingerprint density at radius 3 is 2.39 bits per heavy atom. The van der Waals surface area contributed by atoms with Crippen molar-refractivity contribution in [3.63, 3.8) is 0 Å². The fourth-order valence-electron chi connectivity index (χ4n) is 5.99. The minimum absolute atomic E-state index is 0.133. The number of H-pyrrole nitrogens is 1. The number of methoxy groups -OCH3 is 1. The molecule has 0 radical (unpaired) electrons. The molecule has 2 aromatic carbocycles. The van der Waals surface area contributed by atoms with Crippen molar-refractivity contribution < 1.29 is 29.0 Å². The van der Waals surface area contributed by atoms with Crippen molar-refractivity contribution in [3.8, 4) is 16.9 Å². The molecular formula is C35H43ClN4O6. The fraction of sp³-hybridized carbons (Fsp3) is 0.429. The maximum Gasteiger partial charge on any atom is 0.345 e. The number of para-hydroxylation sites is 1. The summed E-state index contributed by atoms with van der Waals surface area (Å²) in [7, 11) is 3.00. The molecule has 1 amide bonds. The number of carbonyl (C=O) groups is 3. The standard InChI is InChI=1S/C35H43ClN4O6/c1-19(2)17-35(44,34(43)45-8)28(41)18-37-33(42)32-26(13-10-14-46-24-15-20(3)30(36)21(4)16-24)25-11-9-12-27(31(25)38-32)29-22(5)39-40(7)23(29)6/h9,11-12,15-16,19,38,44H,10,13-14,17-18H2,1-8H3,(H,37,42)/t35-/m1/s1. The van der Waals surface area contributed by atoms with Crippen LogP contribution in [0.4, 0.5) is 0 Å². The Labute approximate surface area is 274 Å². The summed E-state index contributed by atoms with van der Waals surface area (Å²) < 4.78 is 12.6. The van der Waals surface area contributed by atoms with Crippen molar-refractivity contribution in [2.45, 2.75) is 66.4 Å². The first-order chi connectivity index (χ1) is 21.7. The number of rotatable bonds is 13. The number of benzene rings is 2. The number of hydrogen-bond donors (Lipinski definition) is 3. The van der Waals surface area contributed by atoms with Crippen molar-refractivity contribution >= 4 is 40.2 Å². The second kappa shape index (κ2) is 14.1. The molecular weight excluding hydrogens is 608 g/mol. The lowest BCUT2D eigenvalue weighted by Gasteiger charge is -2.25. The van der Waals surface area contributed by atoms with E-state index in [4.69, 9.17) is 21.1 Å². The number of aromatic nitrogens is 3. The molecule has 0 spiro atoms. The Morgan fingerprint density at radius 1 is 1.13 bits per heavy atom. The summed E-state index contributed by atoms with van der Waals surface area (Å²) in [5.41, 5.74) is 5.03. The number of aromatic amines is 1. The second-order valence-electron chi connectivity index (χ2n) is 12.3. The third kappa shape index (κ3) is 6.98. The quantitative estimate of drug-likeness (QED) is 0.0957. The number of fused-ring (bicyclic) bond motifs is 1. The number of carbonyl (C=O) groups excluding carboxylic acids is 3. The number of hydrogen-bond acceptors (Lipinski definition) is 7. The van der Waals surface area contributed by atoms with Gasteiger partial charge in [0.25, 0.3) is 5.91 Å². The average Bonchev–Trinajstić information content (AvgIpc) is 3.50. The van der Waals surface area contributed by atoms with Crippen LogP contribution in [0.2, 0.25) is 5.02 Å². The van der Waals surface area contributed by atoms with E-state index in [1.54, 1.807) is 13.8 Å². The summed E-state index contributed by atoms with van der Waals surface area (Å²) in [6, 6.07) is 9.69. The molecule has 0 aliphatic heterocycles. The summed E-state index contributed by atoms with van der Waals surface area (Å²) in [5, 5.41) is 19.7. The van der Waals surface area contributed by atoms with Crippen LogP contribution in [0.15, 0.2) is 30.3 Å². The van der Waals surface area contributed by atoms with E-state index in [0.29, 0.717) is 24.5 Å². The molecule has 0 bridgehead atoms. The molecule has 4 aromatic rings. The molecule has 0 saturated carbocycles. The number of esters is 1. The van der Waals surface area contributed by atoms with Crippen LogP contribution >= 0.6 is 11.6 Å². The van der Waals surface area contributed by atoms with E-state index in [1.807, 2.05) is 69.8 Å². The highest BCUT2D eigenvalue weighted by Crippen LogP contribution is 2.36. The minimum atomic E-state index is -2.36. The number of nitrogens with zero attached hydrogens (tertiary/aromatic N) is 2. The molecule has 46 heavy (non-hydrogen) atoms. The zero-order chi connectivity index (χ0) is 33.9. The van der Waals surface area contributed by atoms with E-state index in [2.05, 4.69) is 15.4 Å². The van der Waals surface area contributed by atoms with Crippen LogP contribution < -0.4 is 10.1 Å². The number of amides is 1. The van der Waals surface area contributed by atoms with Gasteiger partial charge in [-0.15, -0.1) is 0 Å². The predicted molar refractivity (Wildman–Crippen MR) is 178 cm³/mol. The van der Waals surface area contributed by atoms with Crippen LogP contribution in [0.1, 0.15) is 65.3 Å². The molecule has 246 valence electrons. The van der Waals surface area contributed by atoms with Gasteiger partial charge in [0.05, 0.1) is 31.5 Å². The molecule has 0 aliphatic carbocycles. The van der Waals surface area contributed by atoms with E-state index in [9.17, 15) is 19.5 Å². The molecule has 11 heteroatoms. The van der Waals surface area contributed by atoms with Gasteiger partial charge in [-0.2, -0.15) is 5.10 Å².